The van der Waals surface area contributed by atoms with Crippen LogP contribution in [0.25, 0.3) is 0 Å². The summed E-state index contributed by atoms with van der Waals surface area (Å²) in [5.74, 6) is 1.05. The van der Waals surface area contributed by atoms with Crippen molar-refractivity contribution in [1.82, 2.24) is 5.32 Å². The maximum Gasteiger partial charge on any atom is 0.338 e. The molecule has 0 saturated heterocycles. The number of ether oxygens (including phenoxy) is 1. The zero-order valence-corrected chi connectivity index (χ0v) is 18.2. The lowest BCUT2D eigenvalue weighted by atomic mass is 9.95. The van der Waals surface area contributed by atoms with Crippen molar-refractivity contribution in [2.75, 3.05) is 25.5 Å². The third-order valence-electron chi connectivity index (χ3n) is 4.13. The van der Waals surface area contributed by atoms with Crippen LogP contribution in [0.2, 0.25) is 0 Å². The fourth-order valence-electron chi connectivity index (χ4n) is 2.92. The van der Waals surface area contributed by atoms with Crippen LogP contribution in [0.1, 0.15) is 57.8 Å². The van der Waals surface area contributed by atoms with Crippen molar-refractivity contribution in [2.24, 2.45) is 11.8 Å². The first-order chi connectivity index (χ1) is 11.7. The molecule has 1 aromatic rings. The van der Waals surface area contributed by atoms with Crippen LogP contribution in [-0.2, 0) is 4.74 Å². The fourth-order valence-corrected chi connectivity index (χ4v) is 2.92. The molecule has 1 unspecified atom stereocenters. The molecule has 0 aromatic heterocycles. The van der Waals surface area contributed by atoms with Gasteiger partial charge < -0.3 is 15.0 Å². The molecule has 150 valence electrons. The summed E-state index contributed by atoms with van der Waals surface area (Å²) in [5.41, 5.74) is 1.66. The van der Waals surface area contributed by atoms with E-state index in [0.717, 1.165) is 18.5 Å². The second-order valence-electron chi connectivity index (χ2n) is 8.02. The highest BCUT2D eigenvalue weighted by Crippen LogP contribution is 2.15. The van der Waals surface area contributed by atoms with Gasteiger partial charge in [0.15, 0.2) is 0 Å². The predicted octanol–water partition coefficient (Wildman–Crippen LogP) is 4.77. The van der Waals surface area contributed by atoms with Crippen LogP contribution in [0.5, 0.6) is 0 Å². The van der Waals surface area contributed by atoms with E-state index in [2.05, 4.69) is 33.0 Å². The minimum Gasteiger partial charge on any atom is -0.458 e. The molecule has 0 heterocycles. The van der Waals surface area contributed by atoms with E-state index >= 15 is 0 Å². The van der Waals surface area contributed by atoms with Crippen LogP contribution in [0.4, 0.5) is 5.69 Å². The molecule has 1 N–H and O–H groups in total. The Morgan fingerprint density at radius 2 is 1.50 bits per heavy atom. The number of anilines is 1. The number of nitrogens with zero attached hydrogens (tertiary/aromatic N) is 1. The Balaban J connectivity index is 0.00000625. The molecular formula is C21H37ClN2O2. The Labute approximate surface area is 166 Å². The molecule has 0 spiro atoms. The molecule has 4 nitrogen and oxygen atoms in total. The summed E-state index contributed by atoms with van der Waals surface area (Å²) in [4.78, 5) is 14.3. The van der Waals surface area contributed by atoms with Gasteiger partial charge in [-0.2, -0.15) is 0 Å². The number of esters is 1. The van der Waals surface area contributed by atoms with Crippen molar-refractivity contribution in [1.29, 1.82) is 0 Å². The maximum atomic E-state index is 12.3. The topological polar surface area (TPSA) is 41.6 Å². The predicted molar refractivity (Wildman–Crippen MR) is 114 cm³/mol. The van der Waals surface area contributed by atoms with Gasteiger partial charge in [0.2, 0.25) is 0 Å². The van der Waals surface area contributed by atoms with Crippen LogP contribution in [-0.4, -0.2) is 38.8 Å². The van der Waals surface area contributed by atoms with Gasteiger partial charge in [0.05, 0.1) is 5.56 Å². The van der Waals surface area contributed by atoms with Crippen LogP contribution >= 0.6 is 12.4 Å². The standard InChI is InChI=1S/C21H36N2O2.ClH/c1-15(2)12-19(13-16(3)4)22-14-17(5)25-21(24)18-8-10-20(11-9-18)23(6)7;/h8-11,15-17,19,22H,12-14H2,1-7H3;1H. The molecule has 1 atom stereocenters. The van der Waals surface area contributed by atoms with Gasteiger partial charge in [0.1, 0.15) is 6.10 Å². The zero-order valence-electron chi connectivity index (χ0n) is 17.4. The molecule has 0 amide bonds. The monoisotopic (exact) mass is 384 g/mol. The van der Waals surface area contributed by atoms with Gasteiger partial charge in [-0.1, -0.05) is 27.7 Å². The molecular weight excluding hydrogens is 348 g/mol. The van der Waals surface area contributed by atoms with Crippen LogP contribution in [0, 0.1) is 11.8 Å². The maximum absolute atomic E-state index is 12.3. The van der Waals surface area contributed by atoms with E-state index in [1.807, 2.05) is 50.2 Å². The summed E-state index contributed by atoms with van der Waals surface area (Å²) in [6.07, 6.45) is 2.14. The number of benzene rings is 1. The van der Waals surface area contributed by atoms with Gasteiger partial charge in [0, 0.05) is 32.4 Å². The summed E-state index contributed by atoms with van der Waals surface area (Å²) < 4.78 is 5.58. The molecule has 0 aliphatic carbocycles. The van der Waals surface area contributed by atoms with Crippen molar-refractivity contribution in [2.45, 2.75) is 59.6 Å². The summed E-state index contributed by atoms with van der Waals surface area (Å²) in [7, 11) is 3.96. The fraction of sp³-hybridized carbons (Fsp3) is 0.667. The highest BCUT2D eigenvalue weighted by atomic mass is 35.5. The molecule has 0 bridgehead atoms. The largest absolute Gasteiger partial charge is 0.458 e. The molecule has 0 radical (unpaired) electrons. The first-order valence-electron chi connectivity index (χ1n) is 9.40. The lowest BCUT2D eigenvalue weighted by molar-refractivity contribution is 0.0333. The molecule has 1 rings (SSSR count). The Bertz CT molecular complexity index is 505. The number of carbonyl (C=O) groups is 1. The van der Waals surface area contributed by atoms with Crippen LogP contribution < -0.4 is 10.2 Å². The normalized spacial score (nSPS) is 12.2. The smallest absolute Gasteiger partial charge is 0.338 e. The van der Waals surface area contributed by atoms with E-state index in [-0.39, 0.29) is 24.5 Å². The van der Waals surface area contributed by atoms with E-state index in [1.165, 1.54) is 0 Å². The summed E-state index contributed by atoms with van der Waals surface area (Å²) in [6, 6.07) is 7.97. The summed E-state index contributed by atoms with van der Waals surface area (Å²) in [6.45, 7) is 11.6. The number of hydrogen-bond donors (Lipinski definition) is 1. The minimum absolute atomic E-state index is 0. The first-order valence-corrected chi connectivity index (χ1v) is 9.40. The van der Waals surface area contributed by atoms with Crippen molar-refractivity contribution >= 4 is 24.1 Å². The van der Waals surface area contributed by atoms with Gasteiger partial charge in [-0.05, 0) is 55.9 Å². The molecule has 0 aliphatic rings. The Hall–Kier alpha value is -1.26. The second kappa shape index (κ2) is 12.2. The second-order valence-corrected chi connectivity index (χ2v) is 8.02. The van der Waals surface area contributed by atoms with E-state index < -0.39 is 0 Å². The Morgan fingerprint density at radius 3 is 1.92 bits per heavy atom. The van der Waals surface area contributed by atoms with Crippen molar-refractivity contribution < 1.29 is 9.53 Å². The zero-order chi connectivity index (χ0) is 19.0. The van der Waals surface area contributed by atoms with E-state index in [9.17, 15) is 4.79 Å². The first kappa shape index (κ1) is 24.7. The minimum atomic E-state index is -0.260. The van der Waals surface area contributed by atoms with Gasteiger partial charge in [0.25, 0.3) is 0 Å². The number of nitrogens with one attached hydrogen (secondary N) is 1. The number of rotatable bonds is 10. The Kier molecular flexibility index (Phi) is 11.6. The quantitative estimate of drug-likeness (QED) is 0.590. The highest BCUT2D eigenvalue weighted by Gasteiger charge is 2.16. The van der Waals surface area contributed by atoms with Crippen LogP contribution in [0.15, 0.2) is 24.3 Å². The van der Waals surface area contributed by atoms with Crippen molar-refractivity contribution in [3.63, 3.8) is 0 Å². The number of halogens is 1. The number of carbonyl (C=O) groups excluding carboxylic acids is 1. The third-order valence-corrected chi connectivity index (χ3v) is 4.13. The van der Waals surface area contributed by atoms with Gasteiger partial charge in [-0.25, -0.2) is 4.79 Å². The molecule has 5 heteroatoms. The van der Waals surface area contributed by atoms with Gasteiger partial charge in [-0.3, -0.25) is 0 Å². The molecule has 0 aliphatic heterocycles. The van der Waals surface area contributed by atoms with Gasteiger partial charge in [-0.15, -0.1) is 12.4 Å². The summed E-state index contributed by atoms with van der Waals surface area (Å²) in [5, 5.41) is 3.58. The van der Waals surface area contributed by atoms with Gasteiger partial charge >= 0.3 is 5.97 Å². The van der Waals surface area contributed by atoms with E-state index in [1.54, 1.807) is 0 Å². The highest BCUT2D eigenvalue weighted by molar-refractivity contribution is 5.89. The van der Waals surface area contributed by atoms with E-state index in [0.29, 0.717) is 30.0 Å². The molecule has 0 saturated carbocycles. The SMILES string of the molecule is CC(C)CC(CC(C)C)NCC(C)OC(=O)c1ccc(N(C)C)cc1.Cl. The molecule has 26 heavy (non-hydrogen) atoms. The number of hydrogen-bond acceptors (Lipinski definition) is 4. The average Bonchev–Trinajstić information content (AvgIpc) is 2.51. The average molecular weight is 385 g/mol. The third kappa shape index (κ3) is 9.44. The molecule has 1 aromatic carbocycles. The molecule has 0 fully saturated rings. The summed E-state index contributed by atoms with van der Waals surface area (Å²) >= 11 is 0. The van der Waals surface area contributed by atoms with Crippen molar-refractivity contribution in [3.8, 4) is 0 Å². The van der Waals surface area contributed by atoms with E-state index in [4.69, 9.17) is 4.74 Å². The lowest BCUT2D eigenvalue weighted by Crippen LogP contribution is -2.38. The van der Waals surface area contributed by atoms with Crippen molar-refractivity contribution in [3.05, 3.63) is 29.8 Å². The lowest BCUT2D eigenvalue weighted by Gasteiger charge is -2.24. The van der Waals surface area contributed by atoms with Crippen LogP contribution in [0.3, 0.4) is 0 Å². The Morgan fingerprint density at radius 1 is 1.00 bits per heavy atom.